The van der Waals surface area contributed by atoms with Gasteiger partial charge in [0.15, 0.2) is 11.5 Å². The van der Waals surface area contributed by atoms with Crippen molar-refractivity contribution in [2.75, 3.05) is 18.5 Å². The van der Waals surface area contributed by atoms with E-state index in [1.54, 1.807) is 37.3 Å². The minimum absolute atomic E-state index is 0.0114. The number of aromatic hydroxyl groups is 1. The maximum absolute atomic E-state index is 13.6. The first kappa shape index (κ1) is 21.3. The summed E-state index contributed by atoms with van der Waals surface area (Å²) in [4.78, 5) is 4.08. The Morgan fingerprint density at radius 1 is 1.20 bits per heavy atom. The Balaban J connectivity index is 2.03. The quantitative estimate of drug-likeness (QED) is 0.574. The van der Waals surface area contributed by atoms with Crippen molar-refractivity contribution in [3.8, 4) is 5.75 Å². The van der Waals surface area contributed by atoms with E-state index in [0.29, 0.717) is 11.1 Å². The number of aryl methyl sites for hydroxylation is 1. The Bertz CT molecular complexity index is 1000. The smallest absolute Gasteiger partial charge is 0.437 e. The minimum Gasteiger partial charge on any atom is -0.508 e. The largest absolute Gasteiger partial charge is 0.508 e. The van der Waals surface area contributed by atoms with Crippen LogP contribution in [0.5, 0.6) is 5.75 Å². The molecular formula is C20H20F3N5O2. The number of alkyl halides is 3. The number of nitrogens with zero attached hydrogens (tertiary/aromatic N) is 3. The molecule has 3 rings (SSSR count). The second-order valence-electron chi connectivity index (χ2n) is 6.60. The fourth-order valence-corrected chi connectivity index (χ4v) is 2.85. The molecule has 2 aromatic carbocycles. The van der Waals surface area contributed by atoms with Gasteiger partial charge in [-0.2, -0.15) is 18.3 Å². The standard InChI is InChI=1S/C20H20F3N5O2/c1-12-9-15(14(10-16(12)30)25-7-8-29)26-17-18(20(21,22)23)27-28(19(17)24)11-13-5-3-2-4-6-13/h2-6,9-10,24-25,29-30H,7-8,11H2,1H3. The maximum Gasteiger partial charge on any atom is 0.437 e. The lowest BCUT2D eigenvalue weighted by atomic mass is 10.1. The fourth-order valence-electron chi connectivity index (χ4n) is 2.85. The van der Waals surface area contributed by atoms with Crippen LogP contribution in [-0.4, -0.2) is 51.8 Å². The number of anilines is 1. The molecule has 1 aliphatic heterocycles. The van der Waals surface area contributed by atoms with E-state index in [0.717, 1.165) is 5.01 Å². The molecule has 0 amide bonds. The van der Waals surface area contributed by atoms with E-state index in [2.05, 4.69) is 15.4 Å². The topological polar surface area (TPSA) is 104 Å². The second-order valence-corrected chi connectivity index (χ2v) is 6.60. The van der Waals surface area contributed by atoms with Gasteiger partial charge in [0.25, 0.3) is 0 Å². The van der Waals surface area contributed by atoms with E-state index in [1.165, 1.54) is 12.1 Å². The van der Waals surface area contributed by atoms with Gasteiger partial charge in [0.05, 0.1) is 24.5 Å². The lowest BCUT2D eigenvalue weighted by molar-refractivity contribution is -0.0571. The average molecular weight is 419 g/mol. The van der Waals surface area contributed by atoms with Gasteiger partial charge in [0.1, 0.15) is 11.5 Å². The molecule has 30 heavy (non-hydrogen) atoms. The van der Waals surface area contributed by atoms with Gasteiger partial charge in [0.2, 0.25) is 0 Å². The molecule has 0 saturated carbocycles. The van der Waals surface area contributed by atoms with Crippen molar-refractivity contribution in [2.24, 2.45) is 10.1 Å². The minimum atomic E-state index is -4.80. The average Bonchev–Trinajstić information content (AvgIpc) is 3.00. The van der Waals surface area contributed by atoms with Crippen molar-refractivity contribution in [3.05, 3.63) is 53.6 Å². The van der Waals surface area contributed by atoms with Crippen molar-refractivity contribution < 1.29 is 23.4 Å². The number of halogens is 3. The highest BCUT2D eigenvalue weighted by atomic mass is 19.4. The summed E-state index contributed by atoms with van der Waals surface area (Å²) in [6, 6.07) is 11.5. The van der Waals surface area contributed by atoms with Crippen LogP contribution in [0.3, 0.4) is 0 Å². The Morgan fingerprint density at radius 3 is 2.53 bits per heavy atom. The molecule has 10 heteroatoms. The van der Waals surface area contributed by atoms with Crippen molar-refractivity contribution in [1.29, 1.82) is 5.41 Å². The van der Waals surface area contributed by atoms with Crippen LogP contribution in [0.15, 0.2) is 52.6 Å². The molecule has 0 fully saturated rings. The summed E-state index contributed by atoms with van der Waals surface area (Å²) in [6.45, 7) is 1.45. The summed E-state index contributed by atoms with van der Waals surface area (Å²) >= 11 is 0. The summed E-state index contributed by atoms with van der Waals surface area (Å²) in [6.07, 6.45) is -4.80. The number of phenols is 1. The summed E-state index contributed by atoms with van der Waals surface area (Å²) in [7, 11) is 0. The molecule has 1 aliphatic rings. The first-order valence-electron chi connectivity index (χ1n) is 9.04. The number of benzene rings is 2. The number of hydrogen-bond donors (Lipinski definition) is 4. The van der Waals surface area contributed by atoms with Gasteiger partial charge in [0, 0.05) is 12.6 Å². The predicted molar refractivity (Wildman–Crippen MR) is 109 cm³/mol. The molecule has 0 saturated heterocycles. The number of hydrazone groups is 1. The Kier molecular flexibility index (Phi) is 6.06. The Labute approximate surface area is 170 Å². The van der Waals surface area contributed by atoms with Crippen LogP contribution in [0.2, 0.25) is 0 Å². The highest BCUT2D eigenvalue weighted by molar-refractivity contribution is 6.70. The molecule has 0 atom stereocenters. The van der Waals surface area contributed by atoms with E-state index in [-0.39, 0.29) is 36.8 Å². The van der Waals surface area contributed by atoms with Gasteiger partial charge >= 0.3 is 6.18 Å². The fraction of sp³-hybridized carbons (Fsp3) is 0.250. The van der Waals surface area contributed by atoms with Crippen LogP contribution in [0.25, 0.3) is 0 Å². The molecule has 0 bridgehead atoms. The number of phenolic OH excluding ortho intramolecular Hbond substituents is 1. The van der Waals surface area contributed by atoms with E-state index in [1.807, 2.05) is 0 Å². The zero-order valence-corrected chi connectivity index (χ0v) is 16.0. The van der Waals surface area contributed by atoms with Gasteiger partial charge < -0.3 is 15.5 Å². The highest BCUT2D eigenvalue weighted by Crippen LogP contribution is 2.34. The molecule has 4 N–H and O–H groups in total. The van der Waals surface area contributed by atoms with Crippen molar-refractivity contribution in [2.45, 2.75) is 19.6 Å². The van der Waals surface area contributed by atoms with Gasteiger partial charge in [-0.25, -0.2) is 10.0 Å². The third kappa shape index (κ3) is 4.60. The number of aliphatic hydroxyl groups is 1. The third-order valence-electron chi connectivity index (χ3n) is 4.34. The molecule has 158 valence electrons. The van der Waals surface area contributed by atoms with E-state index < -0.39 is 23.4 Å². The molecule has 7 nitrogen and oxygen atoms in total. The molecule has 0 spiro atoms. The van der Waals surface area contributed by atoms with Gasteiger partial charge in [-0.05, 0) is 24.1 Å². The Hall–Kier alpha value is -3.40. The maximum atomic E-state index is 13.6. The zero-order valence-electron chi connectivity index (χ0n) is 16.0. The molecule has 0 aliphatic carbocycles. The predicted octanol–water partition coefficient (Wildman–Crippen LogP) is 3.59. The summed E-state index contributed by atoms with van der Waals surface area (Å²) < 4.78 is 40.9. The number of aliphatic hydroxyl groups excluding tert-OH is 1. The molecule has 0 unspecified atom stereocenters. The molecule has 1 heterocycles. The summed E-state index contributed by atoms with van der Waals surface area (Å²) in [5, 5.41) is 34.5. The zero-order chi connectivity index (χ0) is 21.9. The van der Waals surface area contributed by atoms with Gasteiger partial charge in [-0.15, -0.1) is 0 Å². The van der Waals surface area contributed by atoms with E-state index in [9.17, 15) is 18.3 Å². The van der Waals surface area contributed by atoms with Crippen molar-refractivity contribution in [1.82, 2.24) is 5.01 Å². The number of nitrogens with one attached hydrogen (secondary N) is 2. The normalized spacial score (nSPS) is 15.6. The van der Waals surface area contributed by atoms with Crippen molar-refractivity contribution >= 4 is 28.6 Å². The first-order valence-corrected chi connectivity index (χ1v) is 9.04. The third-order valence-corrected chi connectivity index (χ3v) is 4.34. The summed E-state index contributed by atoms with van der Waals surface area (Å²) in [5.41, 5.74) is -0.454. The number of rotatable bonds is 6. The van der Waals surface area contributed by atoms with Crippen LogP contribution >= 0.6 is 0 Å². The molecule has 0 aromatic heterocycles. The first-order chi connectivity index (χ1) is 14.2. The Morgan fingerprint density at radius 2 is 1.90 bits per heavy atom. The lowest BCUT2D eigenvalue weighted by Crippen LogP contribution is -2.33. The SMILES string of the molecule is Cc1cc(N=C2C(=N)N(Cc3ccccc3)N=C2C(F)(F)F)c(NCCO)cc1O. The van der Waals surface area contributed by atoms with Crippen LogP contribution in [-0.2, 0) is 6.54 Å². The second kappa shape index (κ2) is 8.54. The van der Waals surface area contributed by atoms with E-state index in [4.69, 9.17) is 10.5 Å². The highest BCUT2D eigenvalue weighted by Gasteiger charge is 2.46. The van der Waals surface area contributed by atoms with Crippen LogP contribution < -0.4 is 5.32 Å². The summed E-state index contributed by atoms with van der Waals surface area (Å²) in [5.74, 6) is -0.554. The number of hydrogen-bond acceptors (Lipinski definition) is 6. The molecular weight excluding hydrogens is 399 g/mol. The van der Waals surface area contributed by atoms with Gasteiger partial charge in [-0.1, -0.05) is 30.3 Å². The molecule has 2 aromatic rings. The molecule has 0 radical (unpaired) electrons. The van der Waals surface area contributed by atoms with Crippen LogP contribution in [0.1, 0.15) is 11.1 Å². The van der Waals surface area contributed by atoms with Crippen molar-refractivity contribution in [3.63, 3.8) is 0 Å². The van der Waals surface area contributed by atoms with E-state index >= 15 is 0 Å². The number of aliphatic imine (C=N–C) groups is 1. The lowest BCUT2D eigenvalue weighted by Gasteiger charge is -2.14. The van der Waals surface area contributed by atoms with Gasteiger partial charge in [-0.3, -0.25) is 5.41 Å². The monoisotopic (exact) mass is 419 g/mol. The van der Waals surface area contributed by atoms with Crippen LogP contribution in [0.4, 0.5) is 24.5 Å². The number of amidine groups is 1. The van der Waals surface area contributed by atoms with Crippen LogP contribution in [0, 0.1) is 12.3 Å².